The minimum absolute atomic E-state index is 0.150. The van der Waals surface area contributed by atoms with Gasteiger partial charge in [-0.2, -0.15) is 0 Å². The molecule has 7 heteroatoms. The Morgan fingerprint density at radius 3 is 2.52 bits per heavy atom. The number of sulfonamides is 1. The summed E-state index contributed by atoms with van der Waals surface area (Å²) in [5, 5.41) is 2.72. The van der Waals surface area contributed by atoms with Gasteiger partial charge in [-0.25, -0.2) is 13.2 Å². The van der Waals surface area contributed by atoms with Crippen molar-refractivity contribution in [2.24, 2.45) is 0 Å². The molecule has 0 saturated carbocycles. The molecule has 2 N–H and O–H groups in total. The number of hydrogen-bond donors (Lipinski definition) is 2. The maximum Gasteiger partial charge on any atom is 0.407 e. The molecule has 0 heterocycles. The second-order valence-corrected chi connectivity index (χ2v) is 9.56. The molecule has 1 rings (SSSR count). The van der Waals surface area contributed by atoms with Crippen molar-refractivity contribution in [2.45, 2.75) is 71.8 Å². The maximum absolute atomic E-state index is 12.2. The van der Waals surface area contributed by atoms with E-state index in [0.717, 1.165) is 37.7 Å². The van der Waals surface area contributed by atoms with Gasteiger partial charge in [-0.1, -0.05) is 38.3 Å². The fourth-order valence-corrected chi connectivity index (χ4v) is 3.71. The van der Waals surface area contributed by atoms with E-state index in [2.05, 4.69) is 17.0 Å². The summed E-state index contributed by atoms with van der Waals surface area (Å²) < 4.78 is 32.1. The number of anilines is 1. The number of benzene rings is 1. The highest BCUT2D eigenvalue weighted by Crippen LogP contribution is 2.15. The molecule has 0 unspecified atom stereocenters. The summed E-state index contributed by atoms with van der Waals surface area (Å²) in [6.07, 6.45) is 4.81. The summed E-state index contributed by atoms with van der Waals surface area (Å²) in [7, 11) is -3.31. The molecule has 0 spiro atoms. The topological polar surface area (TPSA) is 84.5 Å². The zero-order chi connectivity index (χ0) is 20.3. The molecule has 0 aliphatic rings. The number of rotatable bonds is 11. The standard InChI is InChI=1S/C20H34N2O4S/c1-5-6-7-8-15-27(24,25)22-18-13-9-11-17(16-18)12-10-14-21-19(23)26-20(2,3)4/h9,11,13,16,22H,5-8,10,12,14-15H2,1-4H3,(H,21,23). The van der Waals surface area contributed by atoms with Crippen LogP contribution >= 0.6 is 0 Å². The van der Waals surface area contributed by atoms with Crippen LogP contribution in [-0.4, -0.2) is 32.4 Å². The number of ether oxygens (including phenoxy) is 1. The van der Waals surface area contributed by atoms with Gasteiger partial charge in [-0.15, -0.1) is 0 Å². The zero-order valence-corrected chi connectivity index (χ0v) is 17.8. The van der Waals surface area contributed by atoms with Crippen molar-refractivity contribution in [3.63, 3.8) is 0 Å². The number of alkyl carbamates (subject to hydrolysis) is 1. The number of carbonyl (C=O) groups excluding carboxylic acids is 1. The SMILES string of the molecule is CCCCCCS(=O)(=O)Nc1cccc(CCCNC(=O)OC(C)(C)C)c1. The van der Waals surface area contributed by atoms with E-state index in [1.807, 2.05) is 39.0 Å². The molecule has 27 heavy (non-hydrogen) atoms. The van der Waals surface area contributed by atoms with Crippen LogP contribution in [0.2, 0.25) is 0 Å². The third-order valence-electron chi connectivity index (χ3n) is 3.78. The normalized spacial score (nSPS) is 11.9. The zero-order valence-electron chi connectivity index (χ0n) is 17.0. The second kappa shape index (κ2) is 11.2. The molecular weight excluding hydrogens is 364 g/mol. The summed E-state index contributed by atoms with van der Waals surface area (Å²) >= 11 is 0. The lowest BCUT2D eigenvalue weighted by Crippen LogP contribution is -2.33. The van der Waals surface area contributed by atoms with Crippen molar-refractivity contribution in [2.75, 3.05) is 17.0 Å². The van der Waals surface area contributed by atoms with Crippen molar-refractivity contribution >= 4 is 21.8 Å². The second-order valence-electron chi connectivity index (χ2n) is 7.71. The van der Waals surface area contributed by atoms with E-state index < -0.39 is 21.7 Å². The van der Waals surface area contributed by atoms with E-state index >= 15 is 0 Å². The molecule has 0 saturated heterocycles. The molecule has 0 atom stereocenters. The summed E-state index contributed by atoms with van der Waals surface area (Å²) in [5.74, 6) is 0.150. The molecule has 1 aromatic rings. The summed E-state index contributed by atoms with van der Waals surface area (Å²) in [4.78, 5) is 11.6. The molecule has 154 valence electrons. The van der Waals surface area contributed by atoms with Gasteiger partial charge in [-0.3, -0.25) is 4.72 Å². The molecule has 0 bridgehead atoms. The van der Waals surface area contributed by atoms with E-state index in [1.165, 1.54) is 0 Å². The summed E-state index contributed by atoms with van der Waals surface area (Å²) in [6, 6.07) is 7.39. The first-order chi connectivity index (χ1) is 12.6. The van der Waals surface area contributed by atoms with Crippen LogP contribution < -0.4 is 10.0 Å². The minimum Gasteiger partial charge on any atom is -0.444 e. The van der Waals surface area contributed by atoms with Gasteiger partial charge in [0.15, 0.2) is 0 Å². The van der Waals surface area contributed by atoms with Crippen LogP contribution in [-0.2, 0) is 21.2 Å². The highest BCUT2D eigenvalue weighted by Gasteiger charge is 2.15. The quantitative estimate of drug-likeness (QED) is 0.539. The van der Waals surface area contributed by atoms with E-state index in [0.29, 0.717) is 18.7 Å². The van der Waals surface area contributed by atoms with Gasteiger partial charge in [-0.05, 0) is 57.7 Å². The van der Waals surface area contributed by atoms with Crippen molar-refractivity contribution in [3.05, 3.63) is 29.8 Å². The molecule has 1 aromatic carbocycles. The number of unbranched alkanes of at least 4 members (excludes halogenated alkanes) is 3. The smallest absolute Gasteiger partial charge is 0.407 e. The molecular formula is C20H34N2O4S. The number of nitrogens with one attached hydrogen (secondary N) is 2. The summed E-state index contributed by atoms with van der Waals surface area (Å²) in [5.41, 5.74) is 1.10. The predicted octanol–water partition coefficient (Wildman–Crippen LogP) is 4.47. The molecule has 0 fully saturated rings. The first-order valence-electron chi connectivity index (χ1n) is 9.67. The van der Waals surface area contributed by atoms with E-state index in [1.54, 1.807) is 6.07 Å². The van der Waals surface area contributed by atoms with Gasteiger partial charge in [0.25, 0.3) is 0 Å². The number of aryl methyl sites for hydroxylation is 1. The number of amides is 1. The highest BCUT2D eigenvalue weighted by atomic mass is 32.2. The Morgan fingerprint density at radius 1 is 1.11 bits per heavy atom. The van der Waals surface area contributed by atoms with Crippen molar-refractivity contribution in [1.29, 1.82) is 0 Å². The monoisotopic (exact) mass is 398 g/mol. The van der Waals surface area contributed by atoms with Crippen LogP contribution in [0.15, 0.2) is 24.3 Å². The Kier molecular flexibility index (Phi) is 9.63. The van der Waals surface area contributed by atoms with Crippen LogP contribution in [0.5, 0.6) is 0 Å². The molecule has 1 amide bonds. The lowest BCUT2D eigenvalue weighted by molar-refractivity contribution is 0.0527. The van der Waals surface area contributed by atoms with Gasteiger partial charge >= 0.3 is 6.09 Å². The van der Waals surface area contributed by atoms with E-state index in [9.17, 15) is 13.2 Å². The number of carbonyl (C=O) groups is 1. The first-order valence-corrected chi connectivity index (χ1v) is 11.3. The molecule has 0 aliphatic carbocycles. The van der Waals surface area contributed by atoms with Crippen LogP contribution in [0.25, 0.3) is 0 Å². The van der Waals surface area contributed by atoms with Crippen molar-refractivity contribution in [3.8, 4) is 0 Å². The lowest BCUT2D eigenvalue weighted by Gasteiger charge is -2.19. The molecule has 0 aromatic heterocycles. The Bertz CT molecular complexity index is 681. The Morgan fingerprint density at radius 2 is 1.85 bits per heavy atom. The third kappa shape index (κ3) is 11.5. The highest BCUT2D eigenvalue weighted by molar-refractivity contribution is 7.92. The van der Waals surface area contributed by atoms with Crippen LogP contribution in [0.3, 0.4) is 0 Å². The maximum atomic E-state index is 12.2. The van der Waals surface area contributed by atoms with Gasteiger partial charge in [0, 0.05) is 12.2 Å². The van der Waals surface area contributed by atoms with Crippen LogP contribution in [0.4, 0.5) is 10.5 Å². The van der Waals surface area contributed by atoms with Crippen molar-refractivity contribution < 1.29 is 17.9 Å². The molecule has 0 aliphatic heterocycles. The van der Waals surface area contributed by atoms with Gasteiger partial charge in [0.05, 0.1) is 5.75 Å². The van der Waals surface area contributed by atoms with Crippen molar-refractivity contribution in [1.82, 2.24) is 5.32 Å². The summed E-state index contributed by atoms with van der Waals surface area (Å²) in [6.45, 7) is 8.07. The van der Waals surface area contributed by atoms with E-state index in [4.69, 9.17) is 4.74 Å². The average molecular weight is 399 g/mol. The average Bonchev–Trinajstić information content (AvgIpc) is 2.54. The first kappa shape index (κ1) is 23.3. The largest absolute Gasteiger partial charge is 0.444 e. The molecule has 0 radical (unpaired) electrons. The minimum atomic E-state index is -3.31. The third-order valence-corrected chi connectivity index (χ3v) is 5.15. The van der Waals surface area contributed by atoms with Crippen LogP contribution in [0, 0.1) is 0 Å². The fourth-order valence-electron chi connectivity index (χ4n) is 2.54. The Hall–Kier alpha value is -1.76. The Labute approximate surface area is 164 Å². The van der Waals surface area contributed by atoms with Gasteiger partial charge in [0.1, 0.15) is 5.60 Å². The van der Waals surface area contributed by atoms with E-state index in [-0.39, 0.29) is 5.75 Å². The fraction of sp³-hybridized carbons (Fsp3) is 0.650. The van der Waals surface area contributed by atoms with Gasteiger partial charge < -0.3 is 10.1 Å². The Balaban J connectivity index is 2.42. The van der Waals surface area contributed by atoms with Crippen LogP contribution in [0.1, 0.15) is 65.4 Å². The predicted molar refractivity (Wildman–Crippen MR) is 111 cm³/mol. The lowest BCUT2D eigenvalue weighted by atomic mass is 10.1. The van der Waals surface area contributed by atoms with Gasteiger partial charge in [0.2, 0.25) is 10.0 Å². The number of hydrogen-bond acceptors (Lipinski definition) is 4. The molecule has 6 nitrogen and oxygen atoms in total.